The molecule has 0 saturated carbocycles. The number of para-hydroxylation sites is 2. The van der Waals surface area contributed by atoms with Crippen LogP contribution >= 0.6 is 0 Å². The topological polar surface area (TPSA) is 56.6 Å². The number of hydrogen-bond acceptors (Lipinski definition) is 4. The molecule has 0 bridgehead atoms. The van der Waals surface area contributed by atoms with Crippen LogP contribution in [-0.4, -0.2) is 53.0 Å². The van der Waals surface area contributed by atoms with E-state index in [9.17, 15) is 4.79 Å². The highest BCUT2D eigenvalue weighted by molar-refractivity contribution is 5.76. The standard InChI is InChI=1S/C21H31N3O3/c1-21(2,3)27-20(25)23-12-7-9-16(15-23)19-22-17-10-5-6-11-18(17)24(19)13-8-14-26-4/h5-6,10-11,16H,7-9,12-15H2,1-4H3/t16-/m1/s1. The minimum atomic E-state index is -0.475. The number of benzene rings is 1. The number of likely N-dealkylation sites (tertiary alicyclic amines) is 1. The number of amides is 1. The molecule has 1 aromatic carbocycles. The van der Waals surface area contributed by atoms with Crippen LogP contribution in [0.3, 0.4) is 0 Å². The van der Waals surface area contributed by atoms with Crippen LogP contribution in [0, 0.1) is 0 Å². The van der Waals surface area contributed by atoms with Gasteiger partial charge < -0.3 is 18.9 Å². The fourth-order valence-corrected chi connectivity index (χ4v) is 3.69. The smallest absolute Gasteiger partial charge is 0.410 e. The quantitative estimate of drug-likeness (QED) is 0.738. The van der Waals surface area contributed by atoms with E-state index < -0.39 is 5.60 Å². The molecule has 2 aromatic rings. The number of carbonyl (C=O) groups is 1. The van der Waals surface area contributed by atoms with Gasteiger partial charge in [0.05, 0.1) is 11.0 Å². The summed E-state index contributed by atoms with van der Waals surface area (Å²) in [6.07, 6.45) is 2.71. The van der Waals surface area contributed by atoms with Gasteiger partial charge >= 0.3 is 6.09 Å². The summed E-state index contributed by atoms with van der Waals surface area (Å²) < 4.78 is 13.1. The second kappa shape index (κ2) is 8.30. The lowest BCUT2D eigenvalue weighted by molar-refractivity contribution is 0.0195. The monoisotopic (exact) mass is 373 g/mol. The lowest BCUT2D eigenvalue weighted by atomic mass is 9.97. The molecule has 1 saturated heterocycles. The Morgan fingerprint density at radius 2 is 2.07 bits per heavy atom. The summed E-state index contributed by atoms with van der Waals surface area (Å²) in [7, 11) is 1.73. The number of aromatic nitrogens is 2. The zero-order chi connectivity index (χ0) is 19.4. The van der Waals surface area contributed by atoms with Gasteiger partial charge in [-0.1, -0.05) is 12.1 Å². The van der Waals surface area contributed by atoms with Gasteiger partial charge in [0.25, 0.3) is 0 Å². The van der Waals surface area contributed by atoms with E-state index in [4.69, 9.17) is 14.5 Å². The van der Waals surface area contributed by atoms with Gasteiger partial charge in [0.2, 0.25) is 0 Å². The van der Waals surface area contributed by atoms with Crippen LogP contribution in [0.4, 0.5) is 4.79 Å². The largest absolute Gasteiger partial charge is 0.444 e. The highest BCUT2D eigenvalue weighted by Gasteiger charge is 2.31. The number of nitrogens with zero attached hydrogens (tertiary/aromatic N) is 3. The molecule has 6 heteroatoms. The van der Waals surface area contributed by atoms with Gasteiger partial charge in [0.1, 0.15) is 11.4 Å². The van der Waals surface area contributed by atoms with Crippen molar-refractivity contribution in [2.24, 2.45) is 0 Å². The molecule has 1 aliphatic heterocycles. The molecule has 148 valence electrons. The number of carbonyl (C=O) groups excluding carboxylic acids is 1. The van der Waals surface area contributed by atoms with Crippen LogP contribution in [0.15, 0.2) is 24.3 Å². The lowest BCUT2D eigenvalue weighted by Gasteiger charge is -2.34. The summed E-state index contributed by atoms with van der Waals surface area (Å²) in [6.45, 7) is 8.70. The van der Waals surface area contributed by atoms with Crippen molar-refractivity contribution in [2.45, 2.75) is 58.1 Å². The van der Waals surface area contributed by atoms with E-state index in [1.807, 2.05) is 31.7 Å². The Balaban J connectivity index is 1.83. The number of methoxy groups -OCH3 is 1. The average molecular weight is 373 g/mol. The van der Waals surface area contributed by atoms with Crippen molar-refractivity contribution in [2.75, 3.05) is 26.8 Å². The molecule has 0 radical (unpaired) electrons. The van der Waals surface area contributed by atoms with E-state index in [0.717, 1.165) is 55.8 Å². The number of ether oxygens (including phenoxy) is 2. The van der Waals surface area contributed by atoms with Crippen molar-refractivity contribution in [1.29, 1.82) is 0 Å². The molecule has 0 spiro atoms. The molecular formula is C21H31N3O3. The first-order chi connectivity index (χ1) is 12.9. The molecule has 1 aliphatic rings. The first-order valence-corrected chi connectivity index (χ1v) is 9.81. The van der Waals surface area contributed by atoms with Crippen LogP contribution in [0.5, 0.6) is 0 Å². The Labute approximate surface area is 161 Å². The first-order valence-electron chi connectivity index (χ1n) is 9.81. The summed E-state index contributed by atoms with van der Waals surface area (Å²) in [4.78, 5) is 19.3. The number of rotatable bonds is 5. The lowest BCUT2D eigenvalue weighted by Crippen LogP contribution is -2.42. The number of aryl methyl sites for hydroxylation is 1. The third-order valence-corrected chi connectivity index (χ3v) is 4.85. The zero-order valence-corrected chi connectivity index (χ0v) is 16.9. The Morgan fingerprint density at radius 1 is 1.30 bits per heavy atom. The second-order valence-corrected chi connectivity index (χ2v) is 8.22. The summed E-state index contributed by atoms with van der Waals surface area (Å²) >= 11 is 0. The van der Waals surface area contributed by atoms with Crippen molar-refractivity contribution in [3.05, 3.63) is 30.1 Å². The van der Waals surface area contributed by atoms with Crippen molar-refractivity contribution in [3.8, 4) is 0 Å². The Kier molecular flexibility index (Phi) is 6.05. The zero-order valence-electron chi connectivity index (χ0n) is 16.9. The Hall–Kier alpha value is -2.08. The molecule has 1 fully saturated rings. The van der Waals surface area contributed by atoms with Crippen molar-refractivity contribution >= 4 is 17.1 Å². The molecule has 1 atom stereocenters. The van der Waals surface area contributed by atoms with Crippen LogP contribution < -0.4 is 0 Å². The minimum absolute atomic E-state index is 0.223. The maximum Gasteiger partial charge on any atom is 0.410 e. The summed E-state index contributed by atoms with van der Waals surface area (Å²) in [5.74, 6) is 1.29. The third-order valence-electron chi connectivity index (χ3n) is 4.85. The predicted octanol–water partition coefficient (Wildman–Crippen LogP) is 4.19. The normalized spacial score (nSPS) is 18.1. The summed E-state index contributed by atoms with van der Waals surface area (Å²) in [5.41, 5.74) is 1.69. The maximum absolute atomic E-state index is 12.5. The van der Waals surface area contributed by atoms with E-state index in [1.165, 1.54) is 0 Å². The first kappa shape index (κ1) is 19.7. The van der Waals surface area contributed by atoms with Crippen molar-refractivity contribution < 1.29 is 14.3 Å². The molecule has 3 rings (SSSR count). The summed E-state index contributed by atoms with van der Waals surface area (Å²) in [6, 6.07) is 8.24. The van der Waals surface area contributed by atoms with E-state index in [-0.39, 0.29) is 12.0 Å². The number of fused-ring (bicyclic) bond motifs is 1. The number of imidazole rings is 1. The molecule has 6 nitrogen and oxygen atoms in total. The average Bonchev–Trinajstić information content (AvgIpc) is 2.99. The molecule has 2 heterocycles. The summed E-state index contributed by atoms with van der Waals surface area (Å²) in [5, 5.41) is 0. The van der Waals surface area contributed by atoms with Gasteiger partial charge in [-0.15, -0.1) is 0 Å². The Bertz CT molecular complexity index is 779. The SMILES string of the molecule is COCCCn1c([C@@H]2CCCN(C(=O)OC(C)(C)C)C2)nc2ccccc21. The van der Waals surface area contributed by atoms with Gasteiger partial charge in [-0.25, -0.2) is 9.78 Å². The van der Waals surface area contributed by atoms with Crippen molar-refractivity contribution in [1.82, 2.24) is 14.5 Å². The number of hydrogen-bond donors (Lipinski definition) is 0. The van der Waals surface area contributed by atoms with E-state index in [1.54, 1.807) is 7.11 Å². The third kappa shape index (κ3) is 4.80. The molecule has 0 unspecified atom stereocenters. The second-order valence-electron chi connectivity index (χ2n) is 8.22. The Morgan fingerprint density at radius 3 is 2.81 bits per heavy atom. The van der Waals surface area contributed by atoms with Gasteiger partial charge in [0, 0.05) is 39.3 Å². The van der Waals surface area contributed by atoms with Crippen LogP contribution in [0.1, 0.15) is 51.8 Å². The minimum Gasteiger partial charge on any atom is -0.444 e. The van der Waals surface area contributed by atoms with Crippen LogP contribution in [0.25, 0.3) is 11.0 Å². The van der Waals surface area contributed by atoms with E-state index in [2.05, 4.69) is 22.8 Å². The number of piperidine rings is 1. The van der Waals surface area contributed by atoms with Crippen molar-refractivity contribution in [3.63, 3.8) is 0 Å². The molecule has 1 aromatic heterocycles. The van der Waals surface area contributed by atoms with Gasteiger partial charge in [-0.3, -0.25) is 0 Å². The molecule has 27 heavy (non-hydrogen) atoms. The fraction of sp³-hybridized carbons (Fsp3) is 0.619. The van der Waals surface area contributed by atoms with E-state index >= 15 is 0 Å². The van der Waals surface area contributed by atoms with Gasteiger partial charge in [-0.2, -0.15) is 0 Å². The van der Waals surface area contributed by atoms with E-state index in [0.29, 0.717) is 6.54 Å². The highest BCUT2D eigenvalue weighted by Crippen LogP contribution is 2.30. The van der Waals surface area contributed by atoms with Crippen LogP contribution in [0.2, 0.25) is 0 Å². The van der Waals surface area contributed by atoms with Gasteiger partial charge in [-0.05, 0) is 52.2 Å². The molecule has 0 N–H and O–H groups in total. The predicted molar refractivity (Wildman–Crippen MR) is 106 cm³/mol. The molecular weight excluding hydrogens is 342 g/mol. The van der Waals surface area contributed by atoms with Crippen LogP contribution in [-0.2, 0) is 16.0 Å². The molecule has 1 amide bonds. The molecule has 0 aliphatic carbocycles. The fourth-order valence-electron chi connectivity index (χ4n) is 3.69. The van der Waals surface area contributed by atoms with Gasteiger partial charge in [0.15, 0.2) is 0 Å². The highest BCUT2D eigenvalue weighted by atomic mass is 16.6. The maximum atomic E-state index is 12.5.